The van der Waals surface area contributed by atoms with Crippen molar-refractivity contribution in [1.29, 1.82) is 0 Å². The molecule has 1 aliphatic heterocycles. The predicted molar refractivity (Wildman–Crippen MR) is 70.4 cm³/mol. The number of fused-ring (bicyclic) bond motifs is 1. The van der Waals surface area contributed by atoms with E-state index in [1.165, 1.54) is 0 Å². The van der Waals surface area contributed by atoms with Crippen LogP contribution < -0.4 is 19.5 Å². The maximum Gasteiger partial charge on any atom is 0.231 e. The first kappa shape index (κ1) is 13.0. The first-order chi connectivity index (χ1) is 8.70. The maximum atomic E-state index is 5.81. The largest absolute Gasteiger partial charge is 0.492 e. The lowest BCUT2D eigenvalue weighted by Crippen LogP contribution is -2.38. The molecule has 0 aliphatic carbocycles. The van der Waals surface area contributed by atoms with Gasteiger partial charge in [-0.2, -0.15) is 0 Å². The standard InChI is InChI=1S/C14H21NO3/c1-4-15-12(10(2)3)8-16-11-5-6-13-14(7-11)18-9-17-13/h5-7,10,12,15H,4,8-9H2,1-3H3. The highest BCUT2D eigenvalue weighted by atomic mass is 16.7. The van der Waals surface area contributed by atoms with E-state index >= 15 is 0 Å². The molecule has 0 bridgehead atoms. The maximum absolute atomic E-state index is 5.81. The Morgan fingerprint density at radius 1 is 1.28 bits per heavy atom. The summed E-state index contributed by atoms with van der Waals surface area (Å²) in [4.78, 5) is 0. The summed E-state index contributed by atoms with van der Waals surface area (Å²) in [6, 6.07) is 6.04. The number of hydrogen-bond acceptors (Lipinski definition) is 4. The second kappa shape index (κ2) is 5.96. The van der Waals surface area contributed by atoms with Gasteiger partial charge in [-0.1, -0.05) is 20.8 Å². The molecule has 0 fully saturated rings. The molecular formula is C14H21NO3. The summed E-state index contributed by atoms with van der Waals surface area (Å²) in [5.41, 5.74) is 0. The molecule has 1 aromatic carbocycles. The van der Waals surface area contributed by atoms with Crippen molar-refractivity contribution in [3.8, 4) is 17.2 Å². The molecule has 0 amide bonds. The Morgan fingerprint density at radius 2 is 2.06 bits per heavy atom. The van der Waals surface area contributed by atoms with Crippen molar-refractivity contribution < 1.29 is 14.2 Å². The average molecular weight is 251 g/mol. The molecule has 2 rings (SSSR count). The summed E-state index contributed by atoms with van der Waals surface area (Å²) in [7, 11) is 0. The van der Waals surface area contributed by atoms with E-state index in [0.29, 0.717) is 25.4 Å². The fraction of sp³-hybridized carbons (Fsp3) is 0.571. The van der Waals surface area contributed by atoms with Gasteiger partial charge in [0.1, 0.15) is 12.4 Å². The molecule has 1 unspecified atom stereocenters. The average Bonchev–Trinajstić information content (AvgIpc) is 2.81. The minimum Gasteiger partial charge on any atom is -0.492 e. The van der Waals surface area contributed by atoms with Crippen LogP contribution in [0.4, 0.5) is 0 Å². The van der Waals surface area contributed by atoms with E-state index in [2.05, 4.69) is 26.1 Å². The number of likely N-dealkylation sites (N-methyl/N-ethyl adjacent to an activating group) is 1. The Morgan fingerprint density at radius 3 is 2.78 bits per heavy atom. The summed E-state index contributed by atoms with van der Waals surface area (Å²) in [5.74, 6) is 2.91. The van der Waals surface area contributed by atoms with Gasteiger partial charge in [-0.3, -0.25) is 0 Å². The van der Waals surface area contributed by atoms with Crippen molar-refractivity contribution in [3.63, 3.8) is 0 Å². The Labute approximate surface area is 108 Å². The number of rotatable bonds is 6. The van der Waals surface area contributed by atoms with Gasteiger partial charge in [-0.15, -0.1) is 0 Å². The van der Waals surface area contributed by atoms with Gasteiger partial charge in [0.25, 0.3) is 0 Å². The van der Waals surface area contributed by atoms with Gasteiger partial charge >= 0.3 is 0 Å². The van der Waals surface area contributed by atoms with Crippen molar-refractivity contribution in [2.75, 3.05) is 19.9 Å². The molecule has 1 N–H and O–H groups in total. The number of ether oxygens (including phenoxy) is 3. The second-order valence-corrected chi connectivity index (χ2v) is 4.73. The normalized spacial score (nSPS) is 14.9. The van der Waals surface area contributed by atoms with Crippen LogP contribution in [0.5, 0.6) is 17.2 Å². The van der Waals surface area contributed by atoms with Crippen LogP contribution in [0.2, 0.25) is 0 Å². The van der Waals surface area contributed by atoms with Gasteiger partial charge in [-0.25, -0.2) is 0 Å². The summed E-state index contributed by atoms with van der Waals surface area (Å²) in [6.45, 7) is 8.39. The minimum atomic E-state index is 0.296. The van der Waals surface area contributed by atoms with E-state index in [0.717, 1.165) is 23.8 Å². The van der Waals surface area contributed by atoms with Gasteiger partial charge in [0.15, 0.2) is 11.5 Å². The highest BCUT2D eigenvalue weighted by Gasteiger charge is 2.16. The van der Waals surface area contributed by atoms with Gasteiger partial charge in [0.2, 0.25) is 6.79 Å². The first-order valence-corrected chi connectivity index (χ1v) is 6.46. The van der Waals surface area contributed by atoms with Crippen LogP contribution in [0.25, 0.3) is 0 Å². The Kier molecular flexibility index (Phi) is 4.31. The van der Waals surface area contributed by atoms with Gasteiger partial charge in [0.05, 0.1) is 0 Å². The third-order valence-corrected chi connectivity index (χ3v) is 3.04. The molecular weight excluding hydrogens is 230 g/mol. The molecule has 1 atom stereocenters. The lowest BCUT2D eigenvalue weighted by molar-refractivity contribution is 0.173. The van der Waals surface area contributed by atoms with Gasteiger partial charge in [0, 0.05) is 12.1 Å². The minimum absolute atomic E-state index is 0.296. The molecule has 1 aromatic rings. The molecule has 0 saturated carbocycles. The molecule has 1 aliphatic rings. The zero-order valence-corrected chi connectivity index (χ0v) is 11.2. The van der Waals surface area contributed by atoms with Crippen LogP contribution >= 0.6 is 0 Å². The van der Waals surface area contributed by atoms with E-state index in [1.54, 1.807) is 0 Å². The zero-order valence-electron chi connectivity index (χ0n) is 11.2. The van der Waals surface area contributed by atoms with Crippen molar-refractivity contribution in [2.24, 2.45) is 5.92 Å². The molecule has 100 valence electrons. The van der Waals surface area contributed by atoms with E-state index in [-0.39, 0.29) is 0 Å². The van der Waals surface area contributed by atoms with Crippen molar-refractivity contribution in [3.05, 3.63) is 18.2 Å². The third-order valence-electron chi connectivity index (χ3n) is 3.04. The SMILES string of the molecule is CCNC(COc1ccc2c(c1)OCO2)C(C)C. The summed E-state index contributed by atoms with van der Waals surface area (Å²) in [6.07, 6.45) is 0. The fourth-order valence-corrected chi connectivity index (χ4v) is 1.90. The van der Waals surface area contributed by atoms with Crippen LogP contribution in [0.15, 0.2) is 18.2 Å². The van der Waals surface area contributed by atoms with Gasteiger partial charge < -0.3 is 19.5 Å². The van der Waals surface area contributed by atoms with Crippen LogP contribution in [-0.4, -0.2) is 26.0 Å². The predicted octanol–water partition coefficient (Wildman–Crippen LogP) is 2.43. The van der Waals surface area contributed by atoms with Crippen molar-refractivity contribution >= 4 is 0 Å². The second-order valence-electron chi connectivity index (χ2n) is 4.73. The molecule has 18 heavy (non-hydrogen) atoms. The Hall–Kier alpha value is -1.42. The number of hydrogen-bond donors (Lipinski definition) is 1. The summed E-state index contributed by atoms with van der Waals surface area (Å²) in [5, 5.41) is 3.42. The van der Waals surface area contributed by atoms with E-state index in [1.807, 2.05) is 18.2 Å². The smallest absolute Gasteiger partial charge is 0.231 e. The lowest BCUT2D eigenvalue weighted by atomic mass is 10.1. The quantitative estimate of drug-likeness (QED) is 0.843. The zero-order chi connectivity index (χ0) is 13.0. The highest BCUT2D eigenvalue weighted by Crippen LogP contribution is 2.35. The summed E-state index contributed by atoms with van der Waals surface area (Å²) >= 11 is 0. The van der Waals surface area contributed by atoms with Crippen LogP contribution in [0.1, 0.15) is 20.8 Å². The molecule has 0 saturated heterocycles. The van der Waals surface area contributed by atoms with Crippen molar-refractivity contribution in [1.82, 2.24) is 5.32 Å². The monoisotopic (exact) mass is 251 g/mol. The van der Waals surface area contributed by atoms with E-state index in [4.69, 9.17) is 14.2 Å². The molecule has 0 spiro atoms. The molecule has 4 nitrogen and oxygen atoms in total. The van der Waals surface area contributed by atoms with E-state index in [9.17, 15) is 0 Å². The van der Waals surface area contributed by atoms with E-state index < -0.39 is 0 Å². The number of benzene rings is 1. The number of nitrogens with one attached hydrogen (secondary N) is 1. The lowest BCUT2D eigenvalue weighted by Gasteiger charge is -2.22. The molecule has 4 heteroatoms. The summed E-state index contributed by atoms with van der Waals surface area (Å²) < 4.78 is 16.4. The first-order valence-electron chi connectivity index (χ1n) is 6.46. The Bertz CT molecular complexity index is 393. The Balaban J connectivity index is 1.93. The molecule has 1 heterocycles. The fourth-order valence-electron chi connectivity index (χ4n) is 1.90. The van der Waals surface area contributed by atoms with Crippen LogP contribution in [0.3, 0.4) is 0 Å². The van der Waals surface area contributed by atoms with Gasteiger partial charge in [-0.05, 0) is 24.6 Å². The highest BCUT2D eigenvalue weighted by molar-refractivity contribution is 5.46. The van der Waals surface area contributed by atoms with Crippen molar-refractivity contribution in [2.45, 2.75) is 26.8 Å². The van der Waals surface area contributed by atoms with Crippen LogP contribution in [0, 0.1) is 5.92 Å². The molecule has 0 radical (unpaired) electrons. The molecule has 0 aromatic heterocycles. The topological polar surface area (TPSA) is 39.7 Å². The third kappa shape index (κ3) is 3.07. The van der Waals surface area contributed by atoms with Crippen LogP contribution in [-0.2, 0) is 0 Å².